The molecule has 1 unspecified atom stereocenters. The van der Waals surface area contributed by atoms with Gasteiger partial charge in [-0.05, 0) is 12.8 Å². The van der Waals surface area contributed by atoms with Gasteiger partial charge in [-0.15, -0.1) is 0 Å². The van der Waals surface area contributed by atoms with E-state index >= 15 is 0 Å². The summed E-state index contributed by atoms with van der Waals surface area (Å²) in [5, 5.41) is 0.506. The minimum absolute atomic E-state index is 0.0804. The molecule has 0 bridgehead atoms. The van der Waals surface area contributed by atoms with E-state index < -0.39 is 0 Å². The maximum atomic E-state index is 11.5. The van der Waals surface area contributed by atoms with Crippen LogP contribution >= 0.6 is 11.6 Å². The van der Waals surface area contributed by atoms with Crippen LogP contribution in [0.5, 0.6) is 0 Å². The van der Waals surface area contributed by atoms with E-state index in [0.29, 0.717) is 23.3 Å². The third kappa shape index (κ3) is 2.34. The van der Waals surface area contributed by atoms with Gasteiger partial charge in [0.2, 0.25) is 0 Å². The van der Waals surface area contributed by atoms with Gasteiger partial charge in [0.1, 0.15) is 22.6 Å². The number of piperidine rings is 1. The Kier molecular flexibility index (Phi) is 2.98. The Hall–Kier alpha value is -1.16. The van der Waals surface area contributed by atoms with E-state index in [9.17, 15) is 4.79 Å². The molecule has 1 saturated heterocycles. The number of rotatable bonds is 2. The molecule has 2 heterocycles. The number of carbonyl (C=O) groups excluding carboxylic acids is 1. The first-order valence-electron chi connectivity index (χ1n) is 6.45. The molecule has 1 aliphatic carbocycles. The molecule has 0 N–H and O–H groups in total. The Bertz CT molecular complexity index is 487. The van der Waals surface area contributed by atoms with Crippen molar-refractivity contribution in [2.45, 2.75) is 32.1 Å². The van der Waals surface area contributed by atoms with Crippen molar-refractivity contribution < 1.29 is 4.79 Å². The third-order valence-corrected chi connectivity index (χ3v) is 3.83. The minimum Gasteiger partial charge on any atom is -0.355 e. The van der Waals surface area contributed by atoms with Gasteiger partial charge in [-0.3, -0.25) is 4.79 Å². The van der Waals surface area contributed by atoms with E-state index in [4.69, 9.17) is 11.6 Å². The quantitative estimate of drug-likeness (QED) is 0.771. The average molecular weight is 266 g/mol. The predicted molar refractivity (Wildman–Crippen MR) is 70.0 cm³/mol. The molecule has 2 fully saturated rings. The van der Waals surface area contributed by atoms with E-state index in [-0.39, 0.29) is 5.92 Å². The lowest BCUT2D eigenvalue weighted by Crippen LogP contribution is -2.40. The molecule has 4 nitrogen and oxygen atoms in total. The van der Waals surface area contributed by atoms with Crippen molar-refractivity contribution in [3.05, 3.63) is 17.0 Å². The molecule has 0 amide bonds. The highest BCUT2D eigenvalue weighted by Crippen LogP contribution is 2.39. The van der Waals surface area contributed by atoms with Crippen molar-refractivity contribution in [2.75, 3.05) is 18.0 Å². The zero-order valence-electron chi connectivity index (χ0n) is 10.4. The zero-order chi connectivity index (χ0) is 12.7. The van der Waals surface area contributed by atoms with Crippen LogP contribution in [0.15, 0.2) is 6.07 Å². The maximum Gasteiger partial charge on any atom is 0.139 e. The fourth-order valence-electron chi connectivity index (χ4n) is 2.33. The van der Waals surface area contributed by atoms with Gasteiger partial charge in [0.05, 0.1) is 0 Å². The molecule has 3 rings (SSSR count). The smallest absolute Gasteiger partial charge is 0.139 e. The molecule has 0 spiro atoms. The van der Waals surface area contributed by atoms with Crippen molar-refractivity contribution in [3.63, 3.8) is 0 Å². The van der Waals surface area contributed by atoms with Gasteiger partial charge < -0.3 is 4.90 Å². The molecule has 0 aromatic carbocycles. The summed E-state index contributed by atoms with van der Waals surface area (Å²) in [6.45, 7) is 3.44. The second-order valence-electron chi connectivity index (χ2n) is 5.24. The van der Waals surface area contributed by atoms with Crippen LogP contribution in [0.1, 0.15) is 37.9 Å². The summed E-state index contributed by atoms with van der Waals surface area (Å²) >= 11 is 6.06. The van der Waals surface area contributed by atoms with E-state index in [1.807, 2.05) is 6.92 Å². The zero-order valence-corrected chi connectivity index (χ0v) is 11.2. The first kappa shape index (κ1) is 11.9. The summed E-state index contributed by atoms with van der Waals surface area (Å²) in [5.74, 6) is 2.65. The largest absolute Gasteiger partial charge is 0.355 e. The lowest BCUT2D eigenvalue weighted by molar-refractivity contribution is -0.122. The molecule has 1 aliphatic heterocycles. The molecule has 18 heavy (non-hydrogen) atoms. The Morgan fingerprint density at radius 1 is 1.39 bits per heavy atom. The number of hydrogen-bond acceptors (Lipinski definition) is 4. The van der Waals surface area contributed by atoms with Crippen molar-refractivity contribution in [1.29, 1.82) is 0 Å². The molecule has 1 aromatic rings. The number of anilines is 1. The van der Waals surface area contributed by atoms with Gasteiger partial charge in [0, 0.05) is 37.4 Å². The third-order valence-electron chi connectivity index (χ3n) is 3.64. The summed E-state index contributed by atoms with van der Waals surface area (Å²) in [6, 6.07) is 1.80. The second kappa shape index (κ2) is 4.50. The summed E-state index contributed by atoms with van der Waals surface area (Å²) in [7, 11) is 0. The van der Waals surface area contributed by atoms with Crippen LogP contribution in [0.3, 0.4) is 0 Å². The highest BCUT2D eigenvalue weighted by atomic mass is 35.5. The Morgan fingerprint density at radius 3 is 2.83 bits per heavy atom. The number of nitrogens with zero attached hydrogens (tertiary/aromatic N) is 3. The molecular formula is C13H16ClN3O. The van der Waals surface area contributed by atoms with Gasteiger partial charge in [0.25, 0.3) is 0 Å². The number of aromatic nitrogens is 2. The highest BCUT2D eigenvalue weighted by molar-refractivity contribution is 6.29. The van der Waals surface area contributed by atoms with Crippen molar-refractivity contribution in [3.8, 4) is 0 Å². The Morgan fingerprint density at radius 2 is 2.17 bits per heavy atom. The first-order chi connectivity index (χ1) is 8.63. The van der Waals surface area contributed by atoms with Crippen LogP contribution in [0.2, 0.25) is 5.15 Å². The molecule has 96 valence electrons. The topological polar surface area (TPSA) is 46.1 Å². The SMILES string of the molecule is CC1CN(c2cc(Cl)nc(C3CC3)n2)CCC1=O. The fraction of sp³-hybridized carbons (Fsp3) is 0.615. The number of hydrogen-bond donors (Lipinski definition) is 0. The van der Waals surface area contributed by atoms with Crippen LogP contribution in [-0.4, -0.2) is 28.8 Å². The van der Waals surface area contributed by atoms with Gasteiger partial charge in [-0.25, -0.2) is 9.97 Å². The van der Waals surface area contributed by atoms with E-state index in [2.05, 4.69) is 14.9 Å². The summed E-state index contributed by atoms with van der Waals surface area (Å²) in [6.07, 6.45) is 2.92. The molecular weight excluding hydrogens is 250 g/mol. The van der Waals surface area contributed by atoms with Crippen molar-refractivity contribution in [2.24, 2.45) is 5.92 Å². The summed E-state index contributed by atoms with van der Waals surface area (Å²) < 4.78 is 0. The summed E-state index contributed by atoms with van der Waals surface area (Å²) in [5.41, 5.74) is 0. The van der Waals surface area contributed by atoms with Crippen molar-refractivity contribution in [1.82, 2.24) is 9.97 Å². The molecule has 2 aliphatic rings. The molecule has 5 heteroatoms. The van der Waals surface area contributed by atoms with E-state index in [1.54, 1.807) is 6.07 Å². The van der Waals surface area contributed by atoms with Gasteiger partial charge in [-0.1, -0.05) is 18.5 Å². The van der Waals surface area contributed by atoms with Crippen LogP contribution in [0.4, 0.5) is 5.82 Å². The molecule has 1 atom stereocenters. The van der Waals surface area contributed by atoms with E-state index in [0.717, 1.165) is 37.6 Å². The lowest BCUT2D eigenvalue weighted by atomic mass is 9.99. The number of halogens is 1. The Labute approximate surface area is 111 Å². The van der Waals surface area contributed by atoms with Crippen LogP contribution in [0, 0.1) is 5.92 Å². The molecule has 0 radical (unpaired) electrons. The monoisotopic (exact) mass is 265 g/mol. The first-order valence-corrected chi connectivity index (χ1v) is 6.83. The number of Topliss-reactive ketones (excluding diaryl/α,β-unsaturated/α-hetero) is 1. The van der Waals surface area contributed by atoms with E-state index in [1.165, 1.54) is 0 Å². The molecule has 1 saturated carbocycles. The number of carbonyl (C=O) groups is 1. The van der Waals surface area contributed by atoms with Crippen molar-refractivity contribution >= 4 is 23.2 Å². The normalized spacial score (nSPS) is 24.4. The standard InChI is InChI=1S/C13H16ClN3O/c1-8-7-17(5-4-10(8)18)12-6-11(14)15-13(16-12)9-2-3-9/h6,8-9H,2-5,7H2,1H3. The van der Waals surface area contributed by atoms with Gasteiger partial charge >= 0.3 is 0 Å². The Balaban J connectivity index is 1.85. The highest BCUT2D eigenvalue weighted by Gasteiger charge is 2.29. The van der Waals surface area contributed by atoms with Crippen LogP contribution in [-0.2, 0) is 4.79 Å². The van der Waals surface area contributed by atoms with Gasteiger partial charge in [-0.2, -0.15) is 0 Å². The predicted octanol–water partition coefficient (Wildman–Crippen LogP) is 2.42. The minimum atomic E-state index is 0.0804. The molecule has 1 aromatic heterocycles. The maximum absolute atomic E-state index is 11.5. The fourth-order valence-corrected chi connectivity index (χ4v) is 2.52. The lowest BCUT2D eigenvalue weighted by Gasteiger charge is -2.31. The van der Waals surface area contributed by atoms with Crippen LogP contribution in [0.25, 0.3) is 0 Å². The van der Waals surface area contributed by atoms with Gasteiger partial charge in [0.15, 0.2) is 0 Å². The average Bonchev–Trinajstić information content (AvgIpc) is 3.16. The summed E-state index contributed by atoms with van der Waals surface area (Å²) in [4.78, 5) is 22.6. The second-order valence-corrected chi connectivity index (χ2v) is 5.63. The number of ketones is 1. The van der Waals surface area contributed by atoms with Crippen LogP contribution < -0.4 is 4.90 Å².